The van der Waals surface area contributed by atoms with Crippen LogP contribution in [-0.2, 0) is 4.79 Å². The Kier molecular flexibility index (Phi) is 2.77. The predicted octanol–water partition coefficient (Wildman–Crippen LogP) is 0.209. The molecule has 1 saturated heterocycles. The van der Waals surface area contributed by atoms with Crippen LogP contribution in [0.15, 0.2) is 12.1 Å². The second-order valence-corrected chi connectivity index (χ2v) is 4.82. The fourth-order valence-corrected chi connectivity index (χ4v) is 2.53. The van der Waals surface area contributed by atoms with Crippen molar-refractivity contribution in [3.8, 4) is 0 Å². The molecule has 3 rings (SSSR count). The van der Waals surface area contributed by atoms with Gasteiger partial charge in [-0.3, -0.25) is 4.79 Å². The van der Waals surface area contributed by atoms with Crippen molar-refractivity contribution in [3.63, 3.8) is 0 Å². The van der Waals surface area contributed by atoms with Gasteiger partial charge in [0.25, 0.3) is 0 Å². The first-order chi connectivity index (χ1) is 9.15. The van der Waals surface area contributed by atoms with E-state index in [9.17, 15) is 4.79 Å². The van der Waals surface area contributed by atoms with Crippen LogP contribution < -0.4 is 4.90 Å². The molecule has 19 heavy (non-hydrogen) atoms. The van der Waals surface area contributed by atoms with E-state index >= 15 is 0 Å². The van der Waals surface area contributed by atoms with E-state index in [4.69, 9.17) is 5.11 Å². The average Bonchev–Trinajstić information content (AvgIpc) is 2.85. The van der Waals surface area contributed by atoms with E-state index < -0.39 is 5.97 Å². The molecular formula is C11H14N6O2. The lowest BCUT2D eigenvalue weighted by molar-refractivity contribution is -0.142. The Morgan fingerprint density at radius 2 is 2.32 bits per heavy atom. The standard InChI is InChI=1S/C11H14N6O2/c1-7-6-8(11(18)19)4-5-16(7)10-3-2-9-12-14-15-17(9)13-10/h2-3,7-8H,4-6H2,1H3,(H,18,19). The third kappa shape index (κ3) is 2.09. The number of aliphatic carboxylic acids is 1. The van der Waals surface area contributed by atoms with E-state index in [0.717, 1.165) is 5.82 Å². The van der Waals surface area contributed by atoms with Gasteiger partial charge < -0.3 is 10.0 Å². The highest BCUT2D eigenvalue weighted by atomic mass is 16.4. The number of carboxylic acids is 1. The number of rotatable bonds is 2. The molecule has 2 unspecified atom stereocenters. The van der Waals surface area contributed by atoms with Crippen LogP contribution in [0.2, 0.25) is 0 Å². The number of hydrogen-bond donors (Lipinski definition) is 1. The number of carbonyl (C=O) groups is 1. The SMILES string of the molecule is CC1CC(C(=O)O)CCN1c1ccc2nnnn2n1. The highest BCUT2D eigenvalue weighted by Crippen LogP contribution is 2.26. The van der Waals surface area contributed by atoms with Crippen molar-refractivity contribution in [1.29, 1.82) is 0 Å². The van der Waals surface area contributed by atoms with Gasteiger partial charge in [-0.05, 0) is 42.3 Å². The van der Waals surface area contributed by atoms with Crippen LogP contribution in [0.5, 0.6) is 0 Å². The van der Waals surface area contributed by atoms with Crippen molar-refractivity contribution in [2.75, 3.05) is 11.4 Å². The third-order valence-corrected chi connectivity index (χ3v) is 3.58. The Morgan fingerprint density at radius 1 is 1.47 bits per heavy atom. The zero-order valence-corrected chi connectivity index (χ0v) is 10.5. The minimum absolute atomic E-state index is 0.135. The van der Waals surface area contributed by atoms with E-state index in [2.05, 4.69) is 25.5 Å². The minimum atomic E-state index is -0.713. The van der Waals surface area contributed by atoms with Gasteiger partial charge in [0.2, 0.25) is 0 Å². The van der Waals surface area contributed by atoms with E-state index in [1.165, 1.54) is 4.63 Å². The number of carboxylic acid groups (broad SMARTS) is 1. The molecule has 0 bridgehead atoms. The zero-order chi connectivity index (χ0) is 13.4. The average molecular weight is 262 g/mol. The van der Waals surface area contributed by atoms with Crippen LogP contribution in [0.3, 0.4) is 0 Å². The Morgan fingerprint density at radius 3 is 3.05 bits per heavy atom. The van der Waals surface area contributed by atoms with Crippen LogP contribution in [0.4, 0.5) is 5.82 Å². The molecule has 0 radical (unpaired) electrons. The second kappa shape index (κ2) is 4.45. The molecule has 8 nitrogen and oxygen atoms in total. The maximum atomic E-state index is 11.0. The molecule has 0 aliphatic carbocycles. The third-order valence-electron chi connectivity index (χ3n) is 3.58. The molecule has 1 aliphatic heterocycles. The molecule has 1 N–H and O–H groups in total. The van der Waals surface area contributed by atoms with Crippen LogP contribution in [0.1, 0.15) is 19.8 Å². The molecule has 0 aromatic carbocycles. The number of aromatic nitrogens is 5. The molecule has 0 spiro atoms. The summed E-state index contributed by atoms with van der Waals surface area (Å²) in [6.07, 6.45) is 1.26. The summed E-state index contributed by atoms with van der Waals surface area (Å²) < 4.78 is 1.38. The van der Waals surface area contributed by atoms with Gasteiger partial charge in [-0.1, -0.05) is 0 Å². The zero-order valence-electron chi connectivity index (χ0n) is 10.5. The molecule has 1 fully saturated rings. The lowest BCUT2D eigenvalue weighted by Gasteiger charge is -2.36. The van der Waals surface area contributed by atoms with Crippen molar-refractivity contribution in [1.82, 2.24) is 25.3 Å². The Hall–Kier alpha value is -2.25. The largest absolute Gasteiger partial charge is 0.481 e. The molecule has 2 aromatic heterocycles. The normalized spacial score (nSPS) is 23.7. The van der Waals surface area contributed by atoms with Gasteiger partial charge in [0.1, 0.15) is 0 Å². The predicted molar refractivity (Wildman–Crippen MR) is 65.7 cm³/mol. The van der Waals surface area contributed by atoms with Gasteiger partial charge in [-0.15, -0.1) is 14.8 Å². The van der Waals surface area contributed by atoms with Crippen molar-refractivity contribution in [2.24, 2.45) is 5.92 Å². The maximum absolute atomic E-state index is 11.0. The number of hydrogen-bond acceptors (Lipinski definition) is 6. The van der Waals surface area contributed by atoms with Gasteiger partial charge in [0, 0.05) is 12.6 Å². The lowest BCUT2D eigenvalue weighted by atomic mass is 9.92. The summed E-state index contributed by atoms with van der Waals surface area (Å²) in [6.45, 7) is 2.69. The van der Waals surface area contributed by atoms with Crippen molar-refractivity contribution in [3.05, 3.63) is 12.1 Å². The first kappa shape index (κ1) is 11.8. The maximum Gasteiger partial charge on any atom is 0.306 e. The fourth-order valence-electron chi connectivity index (χ4n) is 2.53. The van der Waals surface area contributed by atoms with Crippen LogP contribution in [0.25, 0.3) is 5.65 Å². The summed E-state index contributed by atoms with van der Waals surface area (Å²) in [5.41, 5.74) is 0.594. The summed E-state index contributed by atoms with van der Waals surface area (Å²) in [4.78, 5) is 13.1. The smallest absolute Gasteiger partial charge is 0.306 e. The van der Waals surface area contributed by atoms with Crippen LogP contribution >= 0.6 is 0 Å². The molecule has 0 amide bonds. The van der Waals surface area contributed by atoms with E-state index in [-0.39, 0.29) is 12.0 Å². The molecule has 1 aliphatic rings. The van der Waals surface area contributed by atoms with Gasteiger partial charge in [-0.25, -0.2) is 0 Å². The van der Waals surface area contributed by atoms with E-state index in [1.54, 1.807) is 6.07 Å². The van der Waals surface area contributed by atoms with Crippen molar-refractivity contribution >= 4 is 17.4 Å². The Bertz CT molecular complexity index is 612. The first-order valence-electron chi connectivity index (χ1n) is 6.20. The Labute approximate surface area is 109 Å². The van der Waals surface area contributed by atoms with Crippen molar-refractivity contribution < 1.29 is 9.90 Å². The summed E-state index contributed by atoms with van der Waals surface area (Å²) in [5.74, 6) is -0.199. The topological polar surface area (TPSA) is 96.5 Å². The number of piperidine rings is 1. The molecule has 0 saturated carbocycles. The van der Waals surface area contributed by atoms with Crippen LogP contribution in [-0.4, -0.2) is 48.9 Å². The summed E-state index contributed by atoms with van der Waals surface area (Å²) >= 11 is 0. The van der Waals surface area contributed by atoms with Gasteiger partial charge in [-0.2, -0.15) is 0 Å². The van der Waals surface area contributed by atoms with E-state index in [0.29, 0.717) is 25.0 Å². The summed E-state index contributed by atoms with van der Waals surface area (Å²) in [6, 6.07) is 3.80. The minimum Gasteiger partial charge on any atom is -0.481 e. The molecular weight excluding hydrogens is 248 g/mol. The monoisotopic (exact) mass is 262 g/mol. The van der Waals surface area contributed by atoms with Gasteiger partial charge in [0.05, 0.1) is 5.92 Å². The summed E-state index contributed by atoms with van der Waals surface area (Å²) in [5, 5.41) is 24.5. The number of fused-ring (bicyclic) bond motifs is 1. The molecule has 8 heteroatoms. The highest BCUT2D eigenvalue weighted by Gasteiger charge is 2.30. The number of anilines is 1. The number of tetrazole rings is 1. The fraction of sp³-hybridized carbons (Fsp3) is 0.545. The number of nitrogens with zero attached hydrogens (tertiary/aromatic N) is 6. The lowest BCUT2D eigenvalue weighted by Crippen LogP contribution is -2.43. The van der Waals surface area contributed by atoms with Crippen molar-refractivity contribution in [2.45, 2.75) is 25.8 Å². The van der Waals surface area contributed by atoms with Gasteiger partial charge >= 0.3 is 5.97 Å². The molecule has 100 valence electrons. The molecule has 2 atom stereocenters. The van der Waals surface area contributed by atoms with E-state index in [1.807, 2.05) is 13.0 Å². The quantitative estimate of drug-likeness (QED) is 0.826. The molecule has 3 heterocycles. The van der Waals surface area contributed by atoms with Gasteiger partial charge in [0.15, 0.2) is 11.5 Å². The second-order valence-electron chi connectivity index (χ2n) is 4.82. The highest BCUT2D eigenvalue weighted by molar-refractivity contribution is 5.70. The first-order valence-corrected chi connectivity index (χ1v) is 6.20. The van der Waals surface area contributed by atoms with Crippen LogP contribution in [0, 0.1) is 5.92 Å². The Balaban J connectivity index is 1.84. The summed E-state index contributed by atoms with van der Waals surface area (Å²) in [7, 11) is 0. The molecule has 2 aromatic rings.